The molecular weight excluding hydrogens is 292 g/mol. The molecule has 0 saturated carbocycles. The van der Waals surface area contributed by atoms with Gasteiger partial charge in [-0.2, -0.15) is 0 Å². The topological polar surface area (TPSA) is 67.4 Å². The molecule has 116 valence electrons. The molecule has 0 aliphatic heterocycles. The summed E-state index contributed by atoms with van der Waals surface area (Å²) in [6.07, 6.45) is 0.257. The quantitative estimate of drug-likeness (QED) is 0.759. The number of carbonyl (C=O) groups is 2. The average molecular weight is 313 g/mol. The molecule has 21 heavy (non-hydrogen) atoms. The van der Waals surface area contributed by atoms with Crippen molar-refractivity contribution in [3.63, 3.8) is 0 Å². The number of methoxy groups -OCH3 is 1. The van der Waals surface area contributed by atoms with Gasteiger partial charge in [-0.3, -0.25) is 9.59 Å². The molecule has 0 heterocycles. The SMILES string of the molecule is COC(=O)C(NCCC(=O)Nc1cccc(Cl)c1)C(C)C. The van der Waals surface area contributed by atoms with Crippen LogP contribution in [0.1, 0.15) is 20.3 Å². The molecule has 1 aromatic rings. The monoisotopic (exact) mass is 312 g/mol. The molecule has 1 unspecified atom stereocenters. The first kappa shape index (κ1) is 17.5. The van der Waals surface area contributed by atoms with Gasteiger partial charge in [0.1, 0.15) is 6.04 Å². The van der Waals surface area contributed by atoms with E-state index in [9.17, 15) is 9.59 Å². The van der Waals surface area contributed by atoms with Crippen molar-refractivity contribution >= 4 is 29.2 Å². The normalized spacial score (nSPS) is 12.0. The molecule has 0 bridgehead atoms. The van der Waals surface area contributed by atoms with Gasteiger partial charge in [-0.05, 0) is 24.1 Å². The third-order valence-corrected chi connectivity index (χ3v) is 3.18. The first-order valence-corrected chi connectivity index (χ1v) is 7.18. The second kappa shape index (κ2) is 8.64. The highest BCUT2D eigenvalue weighted by Gasteiger charge is 2.22. The van der Waals surface area contributed by atoms with Crippen LogP contribution in [0.2, 0.25) is 5.02 Å². The minimum absolute atomic E-state index is 0.0911. The number of esters is 1. The van der Waals surface area contributed by atoms with E-state index in [4.69, 9.17) is 16.3 Å². The number of ether oxygens (including phenoxy) is 1. The molecule has 0 fully saturated rings. The third-order valence-electron chi connectivity index (χ3n) is 2.95. The van der Waals surface area contributed by atoms with Crippen LogP contribution >= 0.6 is 11.6 Å². The minimum Gasteiger partial charge on any atom is -0.468 e. The number of rotatable bonds is 7. The largest absolute Gasteiger partial charge is 0.468 e. The van der Waals surface area contributed by atoms with E-state index < -0.39 is 6.04 Å². The molecule has 1 aromatic carbocycles. The van der Waals surface area contributed by atoms with Crippen LogP contribution in [0.15, 0.2) is 24.3 Å². The molecule has 0 aliphatic rings. The average Bonchev–Trinajstić information content (AvgIpc) is 2.42. The van der Waals surface area contributed by atoms with Gasteiger partial charge in [-0.1, -0.05) is 31.5 Å². The molecule has 1 amide bonds. The van der Waals surface area contributed by atoms with E-state index in [-0.39, 0.29) is 24.2 Å². The second-order valence-corrected chi connectivity index (χ2v) is 5.44. The summed E-state index contributed by atoms with van der Waals surface area (Å²) in [7, 11) is 1.35. The van der Waals surface area contributed by atoms with Gasteiger partial charge >= 0.3 is 5.97 Å². The van der Waals surface area contributed by atoms with Crippen LogP contribution in [0, 0.1) is 5.92 Å². The molecule has 1 rings (SSSR count). The molecule has 0 aromatic heterocycles. The number of benzene rings is 1. The number of hydrogen-bond donors (Lipinski definition) is 2. The van der Waals surface area contributed by atoms with Crippen LogP contribution in [-0.2, 0) is 14.3 Å². The van der Waals surface area contributed by atoms with Crippen molar-refractivity contribution in [2.45, 2.75) is 26.3 Å². The highest BCUT2D eigenvalue weighted by Crippen LogP contribution is 2.14. The number of halogens is 1. The first-order chi connectivity index (χ1) is 9.93. The van der Waals surface area contributed by atoms with Crippen molar-refractivity contribution < 1.29 is 14.3 Å². The summed E-state index contributed by atoms with van der Waals surface area (Å²) in [6, 6.07) is 6.54. The number of hydrogen-bond acceptors (Lipinski definition) is 4. The zero-order valence-electron chi connectivity index (χ0n) is 12.5. The standard InChI is InChI=1S/C15H21ClN2O3/c1-10(2)14(15(20)21-3)17-8-7-13(19)18-12-6-4-5-11(16)9-12/h4-6,9-10,14,17H,7-8H2,1-3H3,(H,18,19). The third kappa shape index (κ3) is 6.14. The summed E-state index contributed by atoms with van der Waals surface area (Å²) >= 11 is 5.84. The van der Waals surface area contributed by atoms with Crippen LogP contribution in [0.5, 0.6) is 0 Å². The Bertz CT molecular complexity index is 492. The van der Waals surface area contributed by atoms with Gasteiger partial charge in [-0.25, -0.2) is 0 Å². The fourth-order valence-electron chi connectivity index (χ4n) is 1.85. The van der Waals surface area contributed by atoms with Gasteiger partial charge in [0.25, 0.3) is 0 Å². The van der Waals surface area contributed by atoms with Crippen LogP contribution in [0.3, 0.4) is 0 Å². The summed E-state index contributed by atoms with van der Waals surface area (Å²) in [5.74, 6) is -0.370. The lowest BCUT2D eigenvalue weighted by Gasteiger charge is -2.19. The van der Waals surface area contributed by atoms with Crippen molar-refractivity contribution in [2.24, 2.45) is 5.92 Å². The van der Waals surface area contributed by atoms with Crippen molar-refractivity contribution in [1.29, 1.82) is 0 Å². The summed E-state index contributed by atoms with van der Waals surface area (Å²) in [5.41, 5.74) is 0.654. The highest BCUT2D eigenvalue weighted by atomic mass is 35.5. The Balaban J connectivity index is 2.40. The Morgan fingerprint density at radius 1 is 1.33 bits per heavy atom. The molecule has 2 N–H and O–H groups in total. The van der Waals surface area contributed by atoms with Crippen LogP contribution in [0.4, 0.5) is 5.69 Å². The number of nitrogens with one attached hydrogen (secondary N) is 2. The molecule has 0 spiro atoms. The Morgan fingerprint density at radius 2 is 2.05 bits per heavy atom. The van der Waals surface area contributed by atoms with Gasteiger partial charge in [0, 0.05) is 23.7 Å². The highest BCUT2D eigenvalue weighted by molar-refractivity contribution is 6.30. The van der Waals surface area contributed by atoms with E-state index in [2.05, 4.69) is 10.6 Å². The number of anilines is 1. The summed E-state index contributed by atoms with van der Waals surface area (Å²) in [5, 5.41) is 6.35. The maximum atomic E-state index is 11.8. The second-order valence-electron chi connectivity index (χ2n) is 5.01. The van der Waals surface area contributed by atoms with Crippen molar-refractivity contribution in [3.8, 4) is 0 Å². The van der Waals surface area contributed by atoms with Crippen LogP contribution in [-0.4, -0.2) is 31.6 Å². The van der Waals surface area contributed by atoms with E-state index in [0.717, 1.165) is 0 Å². The zero-order chi connectivity index (χ0) is 15.8. The van der Waals surface area contributed by atoms with Crippen LogP contribution in [0.25, 0.3) is 0 Å². The van der Waals surface area contributed by atoms with Crippen molar-refractivity contribution in [2.75, 3.05) is 19.0 Å². The summed E-state index contributed by atoms with van der Waals surface area (Å²) < 4.78 is 4.72. The fraction of sp³-hybridized carbons (Fsp3) is 0.467. The minimum atomic E-state index is -0.408. The van der Waals surface area contributed by atoms with Gasteiger partial charge < -0.3 is 15.4 Å². The predicted octanol–water partition coefficient (Wildman–Crippen LogP) is 2.46. The van der Waals surface area contributed by atoms with Gasteiger partial charge in [0.05, 0.1) is 7.11 Å². The lowest BCUT2D eigenvalue weighted by molar-refractivity contribution is -0.144. The first-order valence-electron chi connectivity index (χ1n) is 6.80. The van der Waals surface area contributed by atoms with E-state index in [1.165, 1.54) is 7.11 Å². The van der Waals surface area contributed by atoms with Crippen molar-refractivity contribution in [3.05, 3.63) is 29.3 Å². The van der Waals surface area contributed by atoms with E-state index in [0.29, 0.717) is 17.3 Å². The Hall–Kier alpha value is -1.59. The smallest absolute Gasteiger partial charge is 0.323 e. The lowest BCUT2D eigenvalue weighted by Crippen LogP contribution is -2.42. The van der Waals surface area contributed by atoms with E-state index in [1.54, 1.807) is 24.3 Å². The molecule has 5 nitrogen and oxygen atoms in total. The summed E-state index contributed by atoms with van der Waals surface area (Å²) in [4.78, 5) is 23.4. The zero-order valence-corrected chi connectivity index (χ0v) is 13.2. The number of amides is 1. The molecule has 0 saturated heterocycles. The molecule has 0 aliphatic carbocycles. The van der Waals surface area contributed by atoms with Gasteiger partial charge in [-0.15, -0.1) is 0 Å². The van der Waals surface area contributed by atoms with E-state index >= 15 is 0 Å². The maximum Gasteiger partial charge on any atom is 0.323 e. The van der Waals surface area contributed by atoms with Gasteiger partial charge in [0.2, 0.25) is 5.91 Å². The molecule has 6 heteroatoms. The molecular formula is C15H21ClN2O3. The van der Waals surface area contributed by atoms with Crippen molar-refractivity contribution in [1.82, 2.24) is 5.32 Å². The van der Waals surface area contributed by atoms with Crippen LogP contribution < -0.4 is 10.6 Å². The maximum absolute atomic E-state index is 11.8. The Kier molecular flexibility index (Phi) is 7.19. The van der Waals surface area contributed by atoms with E-state index in [1.807, 2.05) is 13.8 Å². The lowest BCUT2D eigenvalue weighted by atomic mass is 10.0. The molecule has 0 radical (unpaired) electrons. The predicted molar refractivity (Wildman–Crippen MR) is 83.3 cm³/mol. The van der Waals surface area contributed by atoms with Gasteiger partial charge in [0.15, 0.2) is 0 Å². The Labute approximate surface area is 130 Å². The number of carbonyl (C=O) groups excluding carboxylic acids is 2. The Morgan fingerprint density at radius 3 is 2.62 bits per heavy atom. The fourth-order valence-corrected chi connectivity index (χ4v) is 2.04. The molecule has 1 atom stereocenters. The summed E-state index contributed by atoms with van der Waals surface area (Å²) in [6.45, 7) is 4.23.